The van der Waals surface area contributed by atoms with Crippen LogP contribution in [0.25, 0.3) is 10.9 Å². The Bertz CT molecular complexity index is 1740. The molecule has 0 bridgehead atoms. The fourth-order valence-electron chi connectivity index (χ4n) is 5.72. The lowest BCUT2D eigenvalue weighted by molar-refractivity contribution is 0.0570. The fourth-order valence-corrected chi connectivity index (χ4v) is 6.75. The van der Waals surface area contributed by atoms with Crippen LogP contribution in [0.2, 0.25) is 10.0 Å². The van der Waals surface area contributed by atoms with Crippen molar-refractivity contribution in [1.29, 1.82) is 5.26 Å². The highest BCUT2D eigenvalue weighted by Crippen LogP contribution is 2.37. The molecule has 2 aromatic carbocycles. The van der Waals surface area contributed by atoms with Gasteiger partial charge in [0.25, 0.3) is 0 Å². The summed E-state index contributed by atoms with van der Waals surface area (Å²) in [4.78, 5) is 11.7. The standard InChI is InChI=1S/C32H35Cl2N9S/c1-19-5-6-21(12-25(19)33)38-29-20(14-35)15-36-30-24(29)11-22(13-26(30)34)39-31(28-17-44-18-37-28)27-16-43(41-40-27)23-7-9-42(10-8-23)32(2,3)4/h5-6,11-13,15-18,23,31,39-41H,7-10H2,1-4H3,(H,36,38)/t31-/m1/s1. The topological polar surface area (TPSA) is 104 Å². The minimum absolute atomic E-state index is 0.176. The minimum atomic E-state index is -0.277. The van der Waals surface area contributed by atoms with Gasteiger partial charge in [-0.2, -0.15) is 5.26 Å². The molecular formula is C32H35Cl2N9S. The number of pyridine rings is 1. The Labute approximate surface area is 271 Å². The van der Waals surface area contributed by atoms with E-state index in [0.29, 0.717) is 38.2 Å². The van der Waals surface area contributed by atoms with Crippen molar-refractivity contribution < 1.29 is 0 Å². The first-order valence-electron chi connectivity index (χ1n) is 14.6. The van der Waals surface area contributed by atoms with Gasteiger partial charge < -0.3 is 16.1 Å². The van der Waals surface area contributed by atoms with Gasteiger partial charge in [-0.25, -0.2) is 4.98 Å². The number of nitrogens with one attached hydrogen (secondary N) is 4. The van der Waals surface area contributed by atoms with Crippen molar-refractivity contribution in [2.24, 2.45) is 0 Å². The molecular weight excluding hydrogens is 613 g/mol. The zero-order chi connectivity index (χ0) is 31.0. The summed E-state index contributed by atoms with van der Waals surface area (Å²) in [6.45, 7) is 10.9. The van der Waals surface area contributed by atoms with E-state index in [-0.39, 0.29) is 11.6 Å². The van der Waals surface area contributed by atoms with Crippen LogP contribution in [-0.2, 0) is 0 Å². The largest absolute Gasteiger partial charge is 0.371 e. The Balaban J connectivity index is 1.31. The van der Waals surface area contributed by atoms with Crippen molar-refractivity contribution in [2.75, 3.05) is 23.7 Å². The summed E-state index contributed by atoms with van der Waals surface area (Å²) in [5, 5.41) is 23.0. The Morgan fingerprint density at radius 1 is 1.09 bits per heavy atom. The number of hydrogen-bond donors (Lipinski definition) is 4. The molecule has 4 heterocycles. The first kappa shape index (κ1) is 30.4. The molecule has 44 heavy (non-hydrogen) atoms. The van der Waals surface area contributed by atoms with Crippen LogP contribution in [0.15, 0.2) is 59.3 Å². The van der Waals surface area contributed by atoms with E-state index in [4.69, 9.17) is 23.2 Å². The Hall–Kier alpha value is -3.59. The number of rotatable bonds is 7. The van der Waals surface area contributed by atoms with E-state index in [9.17, 15) is 5.26 Å². The minimum Gasteiger partial charge on any atom is -0.371 e. The van der Waals surface area contributed by atoms with Gasteiger partial charge in [-0.1, -0.05) is 29.3 Å². The molecule has 0 saturated carbocycles. The third-order valence-corrected chi connectivity index (χ3v) is 9.57. The summed E-state index contributed by atoms with van der Waals surface area (Å²) >= 11 is 14.8. The maximum atomic E-state index is 9.95. The van der Waals surface area contributed by atoms with Crippen LogP contribution in [0.1, 0.15) is 56.5 Å². The molecule has 4 N–H and O–H groups in total. The van der Waals surface area contributed by atoms with Gasteiger partial charge in [0.15, 0.2) is 0 Å². The van der Waals surface area contributed by atoms with Gasteiger partial charge in [0.05, 0.1) is 38.7 Å². The van der Waals surface area contributed by atoms with Crippen LogP contribution < -0.4 is 21.6 Å². The molecule has 9 nitrogen and oxygen atoms in total. The van der Waals surface area contributed by atoms with E-state index in [1.807, 2.05) is 48.1 Å². The lowest BCUT2D eigenvalue weighted by Crippen LogP contribution is -2.52. The summed E-state index contributed by atoms with van der Waals surface area (Å²) in [7, 11) is 0. The van der Waals surface area contributed by atoms with Crippen LogP contribution in [0.3, 0.4) is 0 Å². The predicted molar refractivity (Wildman–Crippen MR) is 180 cm³/mol. The van der Waals surface area contributed by atoms with E-state index in [1.165, 1.54) is 6.20 Å². The smallest absolute Gasteiger partial charge is 0.113 e. The summed E-state index contributed by atoms with van der Waals surface area (Å²) < 4.78 is 0. The van der Waals surface area contributed by atoms with E-state index in [0.717, 1.165) is 54.3 Å². The number of aromatic nitrogens is 2. The van der Waals surface area contributed by atoms with Gasteiger partial charge in [0.1, 0.15) is 12.1 Å². The highest BCUT2D eigenvalue weighted by Gasteiger charge is 2.32. The molecule has 1 saturated heterocycles. The number of piperidine rings is 1. The third kappa shape index (κ3) is 6.29. The quantitative estimate of drug-likeness (QED) is 0.162. The number of nitrogens with zero attached hydrogens (tertiary/aromatic N) is 5. The molecule has 4 aromatic rings. The van der Waals surface area contributed by atoms with Gasteiger partial charge in [0, 0.05) is 64.2 Å². The number of aryl methyl sites for hydroxylation is 1. The van der Waals surface area contributed by atoms with Crippen molar-refractivity contribution in [1.82, 2.24) is 30.8 Å². The van der Waals surface area contributed by atoms with Crippen LogP contribution >= 0.6 is 34.5 Å². The summed E-state index contributed by atoms with van der Waals surface area (Å²) in [5.74, 6) is 0. The van der Waals surface area contributed by atoms with Crippen molar-refractivity contribution in [3.8, 4) is 6.07 Å². The maximum Gasteiger partial charge on any atom is 0.113 e. The van der Waals surface area contributed by atoms with Crippen molar-refractivity contribution in [3.05, 3.63) is 86.2 Å². The number of hydrogen-bond acceptors (Lipinski definition) is 10. The highest BCUT2D eigenvalue weighted by molar-refractivity contribution is 7.07. The SMILES string of the molecule is Cc1ccc(Nc2c(C#N)cnc3c(Cl)cc(N[C@H](C4=CN(C5CCN(C(C)(C)C)CC5)NN4)c4cscn4)cc23)cc1Cl. The Kier molecular flexibility index (Phi) is 8.59. The fraction of sp³-hybridized carbons (Fsp3) is 0.344. The van der Waals surface area contributed by atoms with Gasteiger partial charge in [-0.05, 0) is 70.4 Å². The molecule has 2 aromatic heterocycles. The van der Waals surface area contributed by atoms with Crippen LogP contribution in [-0.4, -0.2) is 44.5 Å². The number of hydrazine groups is 2. The molecule has 1 atom stereocenters. The van der Waals surface area contributed by atoms with Crippen LogP contribution in [0.4, 0.5) is 17.1 Å². The van der Waals surface area contributed by atoms with E-state index >= 15 is 0 Å². The molecule has 0 unspecified atom stereocenters. The number of anilines is 3. The molecule has 6 rings (SSSR count). The first-order chi connectivity index (χ1) is 21.1. The number of nitriles is 1. The maximum absolute atomic E-state index is 9.95. The molecule has 0 aliphatic carbocycles. The van der Waals surface area contributed by atoms with E-state index in [1.54, 1.807) is 11.3 Å². The molecule has 1 fully saturated rings. The second-order valence-electron chi connectivity index (χ2n) is 12.2. The second kappa shape index (κ2) is 12.4. The lowest BCUT2D eigenvalue weighted by Gasteiger charge is -2.42. The molecule has 2 aliphatic heterocycles. The number of benzene rings is 2. The zero-order valence-corrected chi connectivity index (χ0v) is 27.4. The predicted octanol–water partition coefficient (Wildman–Crippen LogP) is 7.50. The van der Waals surface area contributed by atoms with E-state index in [2.05, 4.69) is 74.5 Å². The van der Waals surface area contributed by atoms with Crippen molar-refractivity contribution >= 4 is 62.5 Å². The van der Waals surface area contributed by atoms with Crippen molar-refractivity contribution in [2.45, 2.75) is 58.2 Å². The highest BCUT2D eigenvalue weighted by atomic mass is 35.5. The van der Waals surface area contributed by atoms with Gasteiger partial charge in [0.2, 0.25) is 0 Å². The molecule has 228 valence electrons. The van der Waals surface area contributed by atoms with Gasteiger partial charge in [-0.3, -0.25) is 14.9 Å². The summed E-state index contributed by atoms with van der Waals surface area (Å²) in [6, 6.07) is 11.9. The number of likely N-dealkylation sites (tertiary alicyclic amines) is 1. The Morgan fingerprint density at radius 2 is 1.86 bits per heavy atom. The van der Waals surface area contributed by atoms with Crippen LogP contribution in [0, 0.1) is 18.3 Å². The number of halogens is 2. The van der Waals surface area contributed by atoms with Crippen LogP contribution in [0.5, 0.6) is 0 Å². The van der Waals surface area contributed by atoms with Crippen molar-refractivity contribution in [3.63, 3.8) is 0 Å². The normalized spacial score (nSPS) is 16.8. The molecule has 2 aliphatic rings. The average molecular weight is 649 g/mol. The third-order valence-electron chi connectivity index (χ3n) is 8.27. The summed E-state index contributed by atoms with van der Waals surface area (Å²) in [6.07, 6.45) is 5.82. The second-order valence-corrected chi connectivity index (χ2v) is 13.7. The Morgan fingerprint density at radius 3 is 2.55 bits per heavy atom. The summed E-state index contributed by atoms with van der Waals surface area (Å²) in [5.41, 5.74) is 14.7. The van der Waals surface area contributed by atoms with Gasteiger partial charge in [-0.15, -0.1) is 16.9 Å². The number of thiazole rings is 1. The molecule has 0 spiro atoms. The number of fused-ring (bicyclic) bond motifs is 1. The van der Waals surface area contributed by atoms with E-state index < -0.39 is 0 Å². The first-order valence-corrected chi connectivity index (χ1v) is 16.3. The van der Waals surface area contributed by atoms with Gasteiger partial charge >= 0.3 is 0 Å². The average Bonchev–Trinajstić information content (AvgIpc) is 3.71. The monoisotopic (exact) mass is 647 g/mol. The lowest BCUT2D eigenvalue weighted by atomic mass is 9.98. The zero-order valence-electron chi connectivity index (χ0n) is 25.1. The molecule has 12 heteroatoms. The molecule has 0 amide bonds. The molecule has 0 radical (unpaired) electrons.